The molecule has 0 saturated carbocycles. The lowest BCUT2D eigenvalue weighted by Crippen LogP contribution is -2.29. The molecular formula is C11H15F3N2O2S. The van der Waals surface area contributed by atoms with E-state index in [-0.39, 0.29) is 24.5 Å². The van der Waals surface area contributed by atoms with Crippen molar-refractivity contribution < 1.29 is 21.6 Å². The Labute approximate surface area is 110 Å². The molecule has 0 aliphatic carbocycles. The van der Waals surface area contributed by atoms with E-state index in [9.17, 15) is 21.6 Å². The molecule has 0 amide bonds. The molecule has 1 rings (SSSR count). The highest BCUT2D eigenvalue weighted by Gasteiger charge is 2.33. The van der Waals surface area contributed by atoms with E-state index in [1.807, 2.05) is 0 Å². The van der Waals surface area contributed by atoms with Crippen molar-refractivity contribution in [3.05, 3.63) is 29.8 Å². The number of anilines is 1. The summed E-state index contributed by atoms with van der Waals surface area (Å²) in [4.78, 5) is 0. The van der Waals surface area contributed by atoms with Crippen molar-refractivity contribution in [3.8, 4) is 0 Å². The van der Waals surface area contributed by atoms with Crippen LogP contribution >= 0.6 is 0 Å². The van der Waals surface area contributed by atoms with E-state index >= 15 is 0 Å². The first-order valence-electron chi connectivity index (χ1n) is 5.63. The lowest BCUT2D eigenvalue weighted by molar-refractivity contribution is -0.136. The van der Waals surface area contributed by atoms with Crippen molar-refractivity contribution in [2.24, 2.45) is 0 Å². The molecule has 2 N–H and O–H groups in total. The second-order valence-electron chi connectivity index (χ2n) is 3.79. The van der Waals surface area contributed by atoms with Gasteiger partial charge in [0, 0.05) is 18.8 Å². The molecule has 0 bridgehead atoms. The van der Waals surface area contributed by atoms with E-state index in [1.165, 1.54) is 18.2 Å². The van der Waals surface area contributed by atoms with E-state index in [1.54, 1.807) is 6.92 Å². The summed E-state index contributed by atoms with van der Waals surface area (Å²) in [7, 11) is -3.44. The minimum absolute atomic E-state index is 0.0948. The van der Waals surface area contributed by atoms with Gasteiger partial charge < -0.3 is 5.32 Å². The van der Waals surface area contributed by atoms with E-state index in [0.29, 0.717) is 0 Å². The minimum atomic E-state index is -4.47. The van der Waals surface area contributed by atoms with Gasteiger partial charge in [-0.05, 0) is 12.1 Å². The third-order valence-corrected chi connectivity index (χ3v) is 3.75. The first-order valence-corrected chi connectivity index (χ1v) is 7.29. The predicted molar refractivity (Wildman–Crippen MR) is 67.4 cm³/mol. The Kier molecular flexibility index (Phi) is 5.19. The first kappa shape index (κ1) is 15.8. The number of hydrogen-bond acceptors (Lipinski definition) is 3. The molecule has 0 saturated heterocycles. The van der Waals surface area contributed by atoms with E-state index < -0.39 is 21.8 Å². The number of alkyl halides is 3. The van der Waals surface area contributed by atoms with Crippen molar-refractivity contribution in [2.45, 2.75) is 13.1 Å². The molecule has 0 aromatic heterocycles. The molecule has 0 heterocycles. The fourth-order valence-electron chi connectivity index (χ4n) is 1.50. The second-order valence-corrected chi connectivity index (χ2v) is 5.71. The lowest BCUT2D eigenvalue weighted by atomic mass is 10.1. The Bertz CT molecular complexity index is 515. The van der Waals surface area contributed by atoms with Crippen LogP contribution in [0.15, 0.2) is 24.3 Å². The fraction of sp³-hybridized carbons (Fsp3) is 0.455. The van der Waals surface area contributed by atoms with Crippen molar-refractivity contribution in [3.63, 3.8) is 0 Å². The third-order valence-electron chi connectivity index (χ3n) is 2.28. The van der Waals surface area contributed by atoms with Gasteiger partial charge >= 0.3 is 6.18 Å². The summed E-state index contributed by atoms with van der Waals surface area (Å²) in [6, 6.07) is 4.95. The zero-order valence-corrected chi connectivity index (χ0v) is 11.1. The van der Waals surface area contributed by atoms with Crippen LogP contribution in [-0.4, -0.2) is 27.3 Å². The second kappa shape index (κ2) is 6.25. The number of sulfonamides is 1. The number of benzene rings is 1. The van der Waals surface area contributed by atoms with Gasteiger partial charge in [-0.3, -0.25) is 0 Å². The van der Waals surface area contributed by atoms with Gasteiger partial charge in [0.1, 0.15) is 0 Å². The molecule has 4 nitrogen and oxygen atoms in total. The van der Waals surface area contributed by atoms with Crippen LogP contribution in [0.1, 0.15) is 12.5 Å². The Morgan fingerprint density at radius 1 is 1.21 bits per heavy atom. The maximum absolute atomic E-state index is 12.7. The van der Waals surface area contributed by atoms with Crippen molar-refractivity contribution in [1.29, 1.82) is 0 Å². The fourth-order valence-corrected chi connectivity index (χ4v) is 2.45. The van der Waals surface area contributed by atoms with Gasteiger partial charge in [0.2, 0.25) is 10.0 Å². The quantitative estimate of drug-likeness (QED) is 0.845. The summed E-state index contributed by atoms with van der Waals surface area (Å²) in [5, 5.41) is 2.50. The molecule has 1 aromatic rings. The van der Waals surface area contributed by atoms with Crippen LogP contribution < -0.4 is 10.0 Å². The molecule has 8 heteroatoms. The maximum Gasteiger partial charge on any atom is 0.418 e. The van der Waals surface area contributed by atoms with Gasteiger partial charge in [0.25, 0.3) is 0 Å². The Morgan fingerprint density at radius 2 is 1.84 bits per heavy atom. The van der Waals surface area contributed by atoms with Gasteiger partial charge in [0.15, 0.2) is 0 Å². The number of nitrogens with one attached hydrogen (secondary N) is 2. The summed E-state index contributed by atoms with van der Waals surface area (Å²) in [6.07, 6.45) is -4.47. The molecule has 0 aliphatic heterocycles. The average molecular weight is 296 g/mol. The zero-order chi connectivity index (χ0) is 14.5. The summed E-state index contributed by atoms with van der Waals surface area (Å²) >= 11 is 0. The molecule has 0 radical (unpaired) electrons. The average Bonchev–Trinajstić information content (AvgIpc) is 2.28. The van der Waals surface area contributed by atoms with Crippen LogP contribution in [0.2, 0.25) is 0 Å². The number of hydrogen-bond donors (Lipinski definition) is 2. The number of para-hydroxylation sites is 1. The van der Waals surface area contributed by atoms with Crippen LogP contribution in [0.3, 0.4) is 0 Å². The van der Waals surface area contributed by atoms with Gasteiger partial charge in [-0.2, -0.15) is 13.2 Å². The van der Waals surface area contributed by atoms with E-state index in [0.717, 1.165) is 6.07 Å². The van der Waals surface area contributed by atoms with Gasteiger partial charge in [-0.15, -0.1) is 0 Å². The standard InChI is InChI=1S/C11H15F3N2O2S/c1-2-16-19(17,18)8-7-15-10-6-4-3-5-9(10)11(12,13)14/h3-6,15-16H,2,7-8H2,1H3. The molecule has 108 valence electrons. The highest BCUT2D eigenvalue weighted by Crippen LogP contribution is 2.34. The van der Waals surface area contributed by atoms with Crippen LogP contribution in [0.25, 0.3) is 0 Å². The van der Waals surface area contributed by atoms with E-state index in [2.05, 4.69) is 10.0 Å². The van der Waals surface area contributed by atoms with Crippen molar-refractivity contribution >= 4 is 15.7 Å². The Balaban J connectivity index is 2.69. The SMILES string of the molecule is CCNS(=O)(=O)CCNc1ccccc1C(F)(F)F. The van der Waals surface area contributed by atoms with Crippen molar-refractivity contribution in [1.82, 2.24) is 4.72 Å². The normalized spacial score (nSPS) is 12.4. The summed E-state index contributed by atoms with van der Waals surface area (Å²) < 4.78 is 62.9. The third kappa shape index (κ3) is 5.07. The largest absolute Gasteiger partial charge is 0.418 e. The van der Waals surface area contributed by atoms with Crippen molar-refractivity contribution in [2.75, 3.05) is 24.2 Å². The maximum atomic E-state index is 12.7. The summed E-state index contributed by atoms with van der Waals surface area (Å²) in [5.74, 6) is -0.285. The number of rotatable bonds is 6. The lowest BCUT2D eigenvalue weighted by Gasteiger charge is -2.14. The smallest absolute Gasteiger partial charge is 0.383 e. The molecule has 0 aliphatic rings. The van der Waals surface area contributed by atoms with Gasteiger partial charge in [-0.1, -0.05) is 19.1 Å². The molecule has 0 spiro atoms. The molecule has 0 atom stereocenters. The summed E-state index contributed by atoms with van der Waals surface area (Å²) in [5.41, 5.74) is -0.933. The molecule has 1 aromatic carbocycles. The van der Waals surface area contributed by atoms with Gasteiger partial charge in [0.05, 0.1) is 11.3 Å². The Hall–Kier alpha value is -1.28. The topological polar surface area (TPSA) is 58.2 Å². The Morgan fingerprint density at radius 3 is 2.42 bits per heavy atom. The first-order chi connectivity index (χ1) is 8.76. The molecule has 19 heavy (non-hydrogen) atoms. The monoisotopic (exact) mass is 296 g/mol. The van der Waals surface area contributed by atoms with Crippen LogP contribution in [0, 0.1) is 0 Å². The highest BCUT2D eigenvalue weighted by molar-refractivity contribution is 7.89. The van der Waals surface area contributed by atoms with Crippen LogP contribution in [0.4, 0.5) is 18.9 Å². The highest BCUT2D eigenvalue weighted by atomic mass is 32.2. The molecule has 0 unspecified atom stereocenters. The minimum Gasteiger partial charge on any atom is -0.383 e. The molecular weight excluding hydrogens is 281 g/mol. The van der Waals surface area contributed by atoms with Crippen LogP contribution in [-0.2, 0) is 16.2 Å². The zero-order valence-electron chi connectivity index (χ0n) is 10.3. The molecule has 0 fully saturated rings. The number of halogens is 3. The summed E-state index contributed by atoms with van der Waals surface area (Å²) in [6.45, 7) is 1.79. The van der Waals surface area contributed by atoms with Crippen LogP contribution in [0.5, 0.6) is 0 Å². The predicted octanol–water partition coefficient (Wildman–Crippen LogP) is 2.06. The van der Waals surface area contributed by atoms with E-state index in [4.69, 9.17) is 0 Å². The van der Waals surface area contributed by atoms with Gasteiger partial charge in [-0.25, -0.2) is 13.1 Å².